The average Bonchev–Trinajstić information content (AvgIpc) is 2.31. The van der Waals surface area contributed by atoms with Gasteiger partial charge in [0, 0.05) is 12.7 Å². The molecule has 1 N–H and O–H groups in total. The molecule has 0 aromatic carbocycles. The smallest absolute Gasteiger partial charge is 0.220 e. The van der Waals surface area contributed by atoms with E-state index in [1.807, 2.05) is 6.26 Å². The van der Waals surface area contributed by atoms with Crippen molar-refractivity contribution in [2.75, 3.05) is 12.9 Å². The normalized spacial score (nSPS) is 24.9. The van der Waals surface area contributed by atoms with Crippen molar-refractivity contribution in [1.82, 2.24) is 5.32 Å². The first-order valence-corrected chi connectivity index (χ1v) is 4.43. The third kappa shape index (κ3) is 2.19. The fourth-order valence-electron chi connectivity index (χ4n) is 0.953. The summed E-state index contributed by atoms with van der Waals surface area (Å²) in [6.07, 6.45) is 3.44. The molecule has 1 rings (SSSR count). The van der Waals surface area contributed by atoms with Crippen molar-refractivity contribution in [2.24, 2.45) is 0 Å². The highest BCUT2D eigenvalue weighted by atomic mass is 32.2. The second-order valence-electron chi connectivity index (χ2n) is 2.25. The fourth-order valence-corrected chi connectivity index (χ4v) is 1.25. The standard InChI is InChI=1S/C6H11NO2S/c1-10-9-4-5-2-3-6(8)7-5/h5H,2-4H2,1H3,(H,7,8)/t5-/m1/s1. The summed E-state index contributed by atoms with van der Waals surface area (Å²) in [4.78, 5) is 10.6. The number of rotatable bonds is 3. The number of nitrogens with one attached hydrogen (secondary N) is 1. The maximum absolute atomic E-state index is 10.6. The summed E-state index contributed by atoms with van der Waals surface area (Å²) in [5.74, 6) is 0.148. The summed E-state index contributed by atoms with van der Waals surface area (Å²) in [7, 11) is 0. The van der Waals surface area contributed by atoms with E-state index in [2.05, 4.69) is 5.32 Å². The van der Waals surface area contributed by atoms with Crippen molar-refractivity contribution in [3.63, 3.8) is 0 Å². The Labute approximate surface area is 64.7 Å². The van der Waals surface area contributed by atoms with Crippen molar-refractivity contribution in [3.8, 4) is 0 Å². The Hall–Kier alpha value is -0.220. The molecule has 0 aliphatic carbocycles. The molecule has 0 saturated carbocycles. The second kappa shape index (κ2) is 3.83. The molecule has 4 heteroatoms. The van der Waals surface area contributed by atoms with Gasteiger partial charge in [0.2, 0.25) is 5.91 Å². The minimum atomic E-state index is 0.148. The molecule has 0 bridgehead atoms. The monoisotopic (exact) mass is 161 g/mol. The first-order valence-electron chi connectivity index (χ1n) is 3.28. The van der Waals surface area contributed by atoms with Crippen LogP contribution in [0.5, 0.6) is 0 Å². The Balaban J connectivity index is 2.12. The summed E-state index contributed by atoms with van der Waals surface area (Å²) < 4.78 is 5.07. The topological polar surface area (TPSA) is 38.3 Å². The summed E-state index contributed by atoms with van der Waals surface area (Å²) in [5.41, 5.74) is 0. The highest BCUT2D eigenvalue weighted by Crippen LogP contribution is 2.08. The molecule has 58 valence electrons. The Morgan fingerprint density at radius 1 is 1.90 bits per heavy atom. The van der Waals surface area contributed by atoms with Crippen LogP contribution in [0.15, 0.2) is 0 Å². The lowest BCUT2D eigenvalue weighted by atomic mass is 10.2. The molecule has 0 unspecified atom stereocenters. The van der Waals surface area contributed by atoms with Gasteiger partial charge in [0.25, 0.3) is 0 Å². The zero-order chi connectivity index (χ0) is 7.40. The van der Waals surface area contributed by atoms with Gasteiger partial charge in [0.1, 0.15) is 0 Å². The van der Waals surface area contributed by atoms with Gasteiger partial charge >= 0.3 is 0 Å². The SMILES string of the molecule is CSOC[C@H]1CCC(=O)N1. The van der Waals surface area contributed by atoms with Crippen LogP contribution < -0.4 is 5.32 Å². The molecule has 10 heavy (non-hydrogen) atoms. The first kappa shape index (κ1) is 7.88. The molecule has 1 atom stereocenters. The predicted octanol–water partition coefficient (Wildman–Crippen LogP) is 0.560. The molecule has 1 aliphatic heterocycles. The van der Waals surface area contributed by atoms with Gasteiger partial charge in [-0.05, 0) is 18.5 Å². The maximum atomic E-state index is 10.6. The zero-order valence-electron chi connectivity index (χ0n) is 5.92. The summed E-state index contributed by atoms with van der Waals surface area (Å²) in [6, 6.07) is 0.250. The first-order chi connectivity index (χ1) is 4.83. The van der Waals surface area contributed by atoms with Crippen molar-refractivity contribution < 1.29 is 8.98 Å². The third-order valence-corrected chi connectivity index (χ3v) is 1.84. The molecule has 1 saturated heterocycles. The number of carbonyl (C=O) groups excluding carboxylic acids is 1. The van der Waals surface area contributed by atoms with Crippen molar-refractivity contribution in [2.45, 2.75) is 18.9 Å². The van der Waals surface area contributed by atoms with Gasteiger partial charge in [-0.2, -0.15) is 0 Å². The van der Waals surface area contributed by atoms with Gasteiger partial charge in [-0.25, -0.2) is 0 Å². The van der Waals surface area contributed by atoms with Gasteiger partial charge in [-0.15, -0.1) is 0 Å². The van der Waals surface area contributed by atoms with Crippen LogP contribution in [0.4, 0.5) is 0 Å². The van der Waals surface area contributed by atoms with E-state index >= 15 is 0 Å². The Bertz CT molecular complexity index is 129. The van der Waals surface area contributed by atoms with Crippen LogP contribution in [0.1, 0.15) is 12.8 Å². The van der Waals surface area contributed by atoms with Gasteiger partial charge in [-0.3, -0.25) is 4.79 Å². The molecule has 1 heterocycles. The zero-order valence-corrected chi connectivity index (χ0v) is 6.74. The van der Waals surface area contributed by atoms with E-state index in [0.29, 0.717) is 13.0 Å². The van der Waals surface area contributed by atoms with Crippen molar-refractivity contribution in [3.05, 3.63) is 0 Å². The summed E-state index contributed by atoms with van der Waals surface area (Å²) >= 11 is 1.34. The van der Waals surface area contributed by atoms with E-state index in [1.165, 1.54) is 12.0 Å². The van der Waals surface area contributed by atoms with Crippen LogP contribution in [0.3, 0.4) is 0 Å². The van der Waals surface area contributed by atoms with Crippen molar-refractivity contribution in [1.29, 1.82) is 0 Å². The van der Waals surface area contributed by atoms with Crippen molar-refractivity contribution >= 4 is 17.9 Å². The van der Waals surface area contributed by atoms with Crippen LogP contribution in [0.25, 0.3) is 0 Å². The molecular formula is C6H11NO2S. The lowest BCUT2D eigenvalue weighted by Crippen LogP contribution is -2.28. The molecule has 3 nitrogen and oxygen atoms in total. The summed E-state index contributed by atoms with van der Waals surface area (Å²) in [5, 5.41) is 2.81. The van der Waals surface area contributed by atoms with Crippen LogP contribution in [0, 0.1) is 0 Å². The number of carbonyl (C=O) groups is 1. The van der Waals surface area contributed by atoms with Crippen LogP contribution >= 0.6 is 12.0 Å². The Morgan fingerprint density at radius 2 is 2.70 bits per heavy atom. The minimum Gasteiger partial charge on any atom is -0.351 e. The molecule has 0 aromatic rings. The predicted molar refractivity (Wildman–Crippen MR) is 40.6 cm³/mol. The van der Waals surface area contributed by atoms with E-state index in [9.17, 15) is 4.79 Å². The summed E-state index contributed by atoms with van der Waals surface area (Å²) in [6.45, 7) is 0.632. The van der Waals surface area contributed by atoms with E-state index in [-0.39, 0.29) is 11.9 Å². The highest BCUT2D eigenvalue weighted by molar-refractivity contribution is 7.93. The average molecular weight is 161 g/mol. The molecule has 0 aromatic heterocycles. The van der Waals surface area contributed by atoms with Crippen LogP contribution in [0.2, 0.25) is 0 Å². The van der Waals surface area contributed by atoms with Gasteiger partial charge in [0.15, 0.2) is 0 Å². The van der Waals surface area contributed by atoms with E-state index < -0.39 is 0 Å². The van der Waals surface area contributed by atoms with E-state index in [1.54, 1.807) is 0 Å². The number of hydrogen-bond donors (Lipinski definition) is 1. The van der Waals surface area contributed by atoms with Gasteiger partial charge in [0.05, 0.1) is 12.6 Å². The Morgan fingerprint density at radius 3 is 3.20 bits per heavy atom. The second-order valence-corrected chi connectivity index (χ2v) is 2.82. The lowest BCUT2D eigenvalue weighted by Gasteiger charge is -2.06. The van der Waals surface area contributed by atoms with Crippen LogP contribution in [-0.2, 0) is 8.98 Å². The number of amides is 1. The van der Waals surface area contributed by atoms with Gasteiger partial charge < -0.3 is 9.50 Å². The third-order valence-electron chi connectivity index (χ3n) is 1.47. The largest absolute Gasteiger partial charge is 0.351 e. The Kier molecular flexibility index (Phi) is 3.02. The van der Waals surface area contributed by atoms with E-state index in [0.717, 1.165) is 6.42 Å². The van der Waals surface area contributed by atoms with E-state index in [4.69, 9.17) is 4.18 Å². The lowest BCUT2D eigenvalue weighted by molar-refractivity contribution is -0.119. The fraction of sp³-hybridized carbons (Fsp3) is 0.833. The number of hydrogen-bond acceptors (Lipinski definition) is 3. The molecule has 0 spiro atoms. The molecule has 1 amide bonds. The maximum Gasteiger partial charge on any atom is 0.220 e. The minimum absolute atomic E-state index is 0.148. The van der Waals surface area contributed by atoms with Gasteiger partial charge in [-0.1, -0.05) is 0 Å². The molecule has 0 radical (unpaired) electrons. The molecular weight excluding hydrogens is 150 g/mol. The quantitative estimate of drug-likeness (QED) is 0.615. The highest BCUT2D eigenvalue weighted by Gasteiger charge is 2.20. The van der Waals surface area contributed by atoms with Crippen LogP contribution in [-0.4, -0.2) is 24.8 Å². The molecule has 1 aliphatic rings. The molecule has 1 fully saturated rings.